The third-order valence-electron chi connectivity index (χ3n) is 1.00. The molecule has 46 valence electrons. The number of aliphatic hydroxyl groups is 2. The lowest BCUT2D eigenvalue weighted by molar-refractivity contribution is -0.0899. The number of ether oxygens (including phenoxy) is 1. The SMILES string of the molecule is CC1C=C(O)C(O)O1. The molecule has 0 aromatic rings. The zero-order valence-corrected chi connectivity index (χ0v) is 4.53. The van der Waals surface area contributed by atoms with Crippen molar-refractivity contribution in [3.05, 3.63) is 11.8 Å². The van der Waals surface area contributed by atoms with Crippen LogP contribution in [-0.2, 0) is 4.74 Å². The molecule has 2 N–H and O–H groups in total. The second kappa shape index (κ2) is 1.76. The molecular formula is C5H8O3. The van der Waals surface area contributed by atoms with Crippen molar-refractivity contribution in [2.75, 3.05) is 0 Å². The number of hydrogen-bond acceptors (Lipinski definition) is 3. The molecule has 3 nitrogen and oxygen atoms in total. The van der Waals surface area contributed by atoms with E-state index in [0.29, 0.717) is 0 Å². The highest BCUT2D eigenvalue weighted by Crippen LogP contribution is 2.13. The fourth-order valence-corrected chi connectivity index (χ4v) is 0.635. The molecule has 0 aromatic heterocycles. The molecule has 2 unspecified atom stereocenters. The van der Waals surface area contributed by atoms with Gasteiger partial charge in [0, 0.05) is 0 Å². The maximum absolute atomic E-state index is 8.65. The minimum Gasteiger partial charge on any atom is -0.507 e. The van der Waals surface area contributed by atoms with Gasteiger partial charge in [-0.15, -0.1) is 0 Å². The molecule has 0 aliphatic carbocycles. The average Bonchev–Trinajstić information content (AvgIpc) is 1.85. The third kappa shape index (κ3) is 0.827. The van der Waals surface area contributed by atoms with E-state index in [1.807, 2.05) is 0 Å². The predicted molar refractivity (Wildman–Crippen MR) is 27.3 cm³/mol. The molecule has 0 saturated heterocycles. The van der Waals surface area contributed by atoms with Crippen LogP contribution in [0.2, 0.25) is 0 Å². The Balaban J connectivity index is 2.59. The molecule has 0 radical (unpaired) electrons. The van der Waals surface area contributed by atoms with Crippen molar-refractivity contribution < 1.29 is 14.9 Å². The van der Waals surface area contributed by atoms with Gasteiger partial charge >= 0.3 is 0 Å². The van der Waals surface area contributed by atoms with Gasteiger partial charge in [0.05, 0.1) is 6.10 Å². The number of rotatable bonds is 0. The maximum Gasteiger partial charge on any atom is 0.214 e. The summed E-state index contributed by atoms with van der Waals surface area (Å²) in [6.45, 7) is 1.74. The molecule has 1 aliphatic heterocycles. The van der Waals surface area contributed by atoms with E-state index in [1.165, 1.54) is 6.08 Å². The lowest BCUT2D eigenvalue weighted by atomic mass is 10.4. The van der Waals surface area contributed by atoms with Crippen LogP contribution < -0.4 is 0 Å². The minimum atomic E-state index is -1.09. The molecule has 0 fully saturated rings. The quantitative estimate of drug-likeness (QED) is 0.474. The van der Waals surface area contributed by atoms with Crippen LogP contribution in [0.1, 0.15) is 6.92 Å². The molecule has 0 spiro atoms. The second-order valence-corrected chi connectivity index (χ2v) is 1.79. The van der Waals surface area contributed by atoms with Crippen LogP contribution in [0.15, 0.2) is 11.8 Å². The molecule has 8 heavy (non-hydrogen) atoms. The lowest BCUT2D eigenvalue weighted by Gasteiger charge is -2.02. The van der Waals surface area contributed by atoms with E-state index in [2.05, 4.69) is 4.74 Å². The van der Waals surface area contributed by atoms with E-state index in [9.17, 15) is 0 Å². The summed E-state index contributed by atoms with van der Waals surface area (Å²) in [5.74, 6) is -0.0856. The summed E-state index contributed by atoms with van der Waals surface area (Å²) in [6, 6.07) is 0. The topological polar surface area (TPSA) is 49.7 Å². The first-order chi connectivity index (χ1) is 3.70. The summed E-state index contributed by atoms with van der Waals surface area (Å²) < 4.78 is 4.69. The van der Waals surface area contributed by atoms with Gasteiger partial charge in [-0.25, -0.2) is 0 Å². The van der Waals surface area contributed by atoms with Crippen LogP contribution in [0.5, 0.6) is 0 Å². The Bertz CT molecular complexity index is 119. The average molecular weight is 116 g/mol. The summed E-state index contributed by atoms with van der Waals surface area (Å²) >= 11 is 0. The van der Waals surface area contributed by atoms with Crippen LogP contribution >= 0.6 is 0 Å². The van der Waals surface area contributed by atoms with Gasteiger partial charge in [-0.2, -0.15) is 0 Å². The first kappa shape index (κ1) is 5.59. The summed E-state index contributed by atoms with van der Waals surface area (Å²) in [5.41, 5.74) is 0. The zero-order valence-electron chi connectivity index (χ0n) is 4.53. The van der Waals surface area contributed by atoms with Crippen LogP contribution in [0.25, 0.3) is 0 Å². The molecule has 1 aliphatic rings. The van der Waals surface area contributed by atoms with Gasteiger partial charge in [0.1, 0.15) is 5.76 Å². The van der Waals surface area contributed by atoms with Crippen molar-refractivity contribution in [3.8, 4) is 0 Å². The Kier molecular flexibility index (Phi) is 1.23. The van der Waals surface area contributed by atoms with Crippen molar-refractivity contribution in [3.63, 3.8) is 0 Å². The molecule has 0 saturated carbocycles. The Labute approximate surface area is 47.2 Å². The summed E-state index contributed by atoms with van der Waals surface area (Å²) in [6.07, 6.45) is 0.208. The van der Waals surface area contributed by atoms with Gasteiger partial charge in [-0.05, 0) is 13.0 Å². The number of aliphatic hydroxyl groups excluding tert-OH is 2. The molecule has 0 amide bonds. The largest absolute Gasteiger partial charge is 0.507 e. The van der Waals surface area contributed by atoms with E-state index < -0.39 is 6.29 Å². The van der Waals surface area contributed by atoms with E-state index in [4.69, 9.17) is 10.2 Å². The highest BCUT2D eigenvalue weighted by atomic mass is 16.6. The predicted octanol–water partition coefficient (Wildman–Crippen LogP) is 0.165. The van der Waals surface area contributed by atoms with Crippen LogP contribution in [-0.4, -0.2) is 22.6 Å². The Morgan fingerprint density at radius 2 is 2.38 bits per heavy atom. The Hall–Kier alpha value is -0.540. The fourth-order valence-electron chi connectivity index (χ4n) is 0.635. The smallest absolute Gasteiger partial charge is 0.214 e. The van der Waals surface area contributed by atoms with Crippen LogP contribution in [0, 0.1) is 0 Å². The second-order valence-electron chi connectivity index (χ2n) is 1.79. The molecule has 0 aromatic carbocycles. The molecule has 1 rings (SSSR count). The van der Waals surface area contributed by atoms with E-state index in [-0.39, 0.29) is 11.9 Å². The normalized spacial score (nSPS) is 37.5. The summed E-state index contributed by atoms with van der Waals surface area (Å²) in [4.78, 5) is 0. The standard InChI is InChI=1S/C5H8O3/c1-3-2-4(6)5(7)8-3/h2-3,5-7H,1H3. The third-order valence-corrected chi connectivity index (χ3v) is 1.00. The molecule has 3 heteroatoms. The van der Waals surface area contributed by atoms with Crippen molar-refractivity contribution in [2.24, 2.45) is 0 Å². The van der Waals surface area contributed by atoms with Gasteiger partial charge in [0.2, 0.25) is 6.29 Å². The van der Waals surface area contributed by atoms with Crippen LogP contribution in [0.3, 0.4) is 0 Å². The highest BCUT2D eigenvalue weighted by molar-refractivity contribution is 5.03. The Morgan fingerprint density at radius 1 is 1.75 bits per heavy atom. The number of hydrogen-bond donors (Lipinski definition) is 2. The summed E-state index contributed by atoms with van der Waals surface area (Å²) in [5, 5.41) is 17.3. The molecule has 1 heterocycles. The first-order valence-electron chi connectivity index (χ1n) is 2.44. The van der Waals surface area contributed by atoms with Crippen molar-refractivity contribution >= 4 is 0 Å². The van der Waals surface area contributed by atoms with Gasteiger partial charge in [0.25, 0.3) is 0 Å². The van der Waals surface area contributed by atoms with Gasteiger partial charge < -0.3 is 14.9 Å². The van der Waals surface area contributed by atoms with Gasteiger partial charge in [0.15, 0.2) is 0 Å². The molecule has 2 atom stereocenters. The van der Waals surface area contributed by atoms with Crippen LogP contribution in [0.4, 0.5) is 0 Å². The van der Waals surface area contributed by atoms with Gasteiger partial charge in [-0.1, -0.05) is 0 Å². The zero-order chi connectivity index (χ0) is 6.15. The lowest BCUT2D eigenvalue weighted by Crippen LogP contribution is -2.10. The minimum absolute atomic E-state index is 0.0856. The maximum atomic E-state index is 8.65. The van der Waals surface area contributed by atoms with E-state index >= 15 is 0 Å². The first-order valence-corrected chi connectivity index (χ1v) is 2.44. The highest BCUT2D eigenvalue weighted by Gasteiger charge is 2.20. The molecular weight excluding hydrogens is 108 g/mol. The van der Waals surface area contributed by atoms with Crippen molar-refractivity contribution in [1.82, 2.24) is 0 Å². The van der Waals surface area contributed by atoms with Crippen molar-refractivity contribution in [1.29, 1.82) is 0 Å². The monoisotopic (exact) mass is 116 g/mol. The molecule has 0 bridgehead atoms. The summed E-state index contributed by atoms with van der Waals surface area (Å²) in [7, 11) is 0. The van der Waals surface area contributed by atoms with E-state index in [0.717, 1.165) is 0 Å². The Morgan fingerprint density at radius 3 is 2.50 bits per heavy atom. The van der Waals surface area contributed by atoms with Crippen molar-refractivity contribution in [2.45, 2.75) is 19.3 Å². The van der Waals surface area contributed by atoms with Gasteiger partial charge in [-0.3, -0.25) is 0 Å². The fraction of sp³-hybridized carbons (Fsp3) is 0.600. The van der Waals surface area contributed by atoms with E-state index in [1.54, 1.807) is 6.92 Å².